The quantitative estimate of drug-likeness (QED) is 0.783. The van der Waals surface area contributed by atoms with Crippen molar-refractivity contribution in [2.24, 2.45) is 0 Å². The summed E-state index contributed by atoms with van der Waals surface area (Å²) in [6.07, 6.45) is 0.787. The second kappa shape index (κ2) is 4.26. The third-order valence-electron chi connectivity index (χ3n) is 3.07. The van der Waals surface area contributed by atoms with Crippen LogP contribution in [-0.4, -0.2) is 35.0 Å². The van der Waals surface area contributed by atoms with Crippen LogP contribution in [-0.2, 0) is 11.2 Å². The van der Waals surface area contributed by atoms with Crippen LogP contribution in [0, 0.1) is 0 Å². The largest absolute Gasteiger partial charge is 0.349 e. The zero-order valence-electron chi connectivity index (χ0n) is 9.87. The Balaban J connectivity index is 2.26. The van der Waals surface area contributed by atoms with Gasteiger partial charge in [0.1, 0.15) is 4.32 Å². The highest BCUT2D eigenvalue weighted by Gasteiger charge is 2.44. The summed E-state index contributed by atoms with van der Waals surface area (Å²) in [5.74, 6) is -0.0219. The molecule has 3 nitrogen and oxygen atoms in total. The van der Waals surface area contributed by atoms with Crippen LogP contribution < -0.4 is 0 Å². The Bertz CT molecular complexity index is 484. The number of fused-ring (bicyclic) bond motifs is 1. The minimum Gasteiger partial charge on any atom is -0.349 e. The molecule has 1 atom stereocenters. The van der Waals surface area contributed by atoms with Crippen molar-refractivity contribution < 1.29 is 9.59 Å². The molecule has 90 valence electrons. The molecule has 1 amide bonds. The van der Waals surface area contributed by atoms with E-state index in [0.717, 1.165) is 11.1 Å². The van der Waals surface area contributed by atoms with Gasteiger partial charge in [-0.15, -0.1) is 0 Å². The summed E-state index contributed by atoms with van der Waals surface area (Å²) in [4.78, 5) is 25.5. The van der Waals surface area contributed by atoms with Gasteiger partial charge in [0.15, 0.2) is 5.78 Å². The number of benzene rings is 1. The Morgan fingerprint density at radius 1 is 1.41 bits per heavy atom. The molecule has 1 aromatic rings. The number of carbonyl (C=O) groups is 2. The lowest BCUT2D eigenvalue weighted by Gasteiger charge is -2.21. The van der Waals surface area contributed by atoms with Crippen molar-refractivity contribution in [1.29, 1.82) is 0 Å². The highest BCUT2D eigenvalue weighted by molar-refractivity contribution is 9.10. The second-order valence-electron chi connectivity index (χ2n) is 4.59. The van der Waals surface area contributed by atoms with E-state index in [1.807, 2.05) is 24.3 Å². The molecule has 0 bridgehead atoms. The van der Waals surface area contributed by atoms with E-state index >= 15 is 0 Å². The molecule has 0 radical (unpaired) electrons. The Kier molecular flexibility index (Phi) is 3.08. The van der Waals surface area contributed by atoms with Gasteiger partial charge < -0.3 is 4.90 Å². The molecule has 0 saturated heterocycles. The van der Waals surface area contributed by atoms with Crippen molar-refractivity contribution in [1.82, 2.24) is 4.90 Å². The van der Waals surface area contributed by atoms with Crippen molar-refractivity contribution in [2.45, 2.75) is 17.2 Å². The van der Waals surface area contributed by atoms with Gasteiger partial charge in [0, 0.05) is 26.1 Å². The Labute approximate surface area is 109 Å². The SMILES string of the molecule is CN(C)C(=O)C[C@@]1(Br)Cc2ccccc2C1=O. The number of Topliss-reactive ketones (excluding diaryl/α,β-unsaturated/α-hetero) is 1. The maximum absolute atomic E-state index is 12.3. The van der Waals surface area contributed by atoms with Gasteiger partial charge in [0.05, 0.1) is 0 Å². The van der Waals surface area contributed by atoms with Gasteiger partial charge in [-0.3, -0.25) is 9.59 Å². The fraction of sp³-hybridized carbons (Fsp3) is 0.385. The number of nitrogens with zero attached hydrogens (tertiary/aromatic N) is 1. The molecule has 2 rings (SSSR count). The average Bonchev–Trinajstić information content (AvgIpc) is 2.52. The summed E-state index contributed by atoms with van der Waals surface area (Å²) in [6.45, 7) is 0. The van der Waals surface area contributed by atoms with Crippen molar-refractivity contribution in [3.8, 4) is 0 Å². The lowest BCUT2D eigenvalue weighted by molar-refractivity contribution is -0.129. The molecular formula is C13H14BrNO2. The minimum atomic E-state index is -0.752. The molecule has 4 heteroatoms. The number of hydrogen-bond donors (Lipinski definition) is 0. The van der Waals surface area contributed by atoms with Gasteiger partial charge in [-0.1, -0.05) is 40.2 Å². The summed E-state index contributed by atoms with van der Waals surface area (Å²) in [7, 11) is 3.40. The number of halogens is 1. The summed E-state index contributed by atoms with van der Waals surface area (Å²) >= 11 is 3.46. The smallest absolute Gasteiger partial charge is 0.223 e. The molecule has 1 aliphatic carbocycles. The monoisotopic (exact) mass is 295 g/mol. The zero-order chi connectivity index (χ0) is 12.6. The predicted molar refractivity (Wildman–Crippen MR) is 69.4 cm³/mol. The van der Waals surface area contributed by atoms with E-state index in [-0.39, 0.29) is 18.1 Å². The summed E-state index contributed by atoms with van der Waals surface area (Å²) in [5, 5.41) is 0. The number of alkyl halides is 1. The first-order chi connectivity index (χ1) is 7.94. The van der Waals surface area contributed by atoms with Gasteiger partial charge >= 0.3 is 0 Å². The van der Waals surface area contributed by atoms with E-state index in [1.165, 1.54) is 4.90 Å². The predicted octanol–water partition coefficient (Wildman–Crippen LogP) is 2.04. The van der Waals surface area contributed by atoms with Crippen LogP contribution in [0.3, 0.4) is 0 Å². The van der Waals surface area contributed by atoms with Crippen molar-refractivity contribution in [3.63, 3.8) is 0 Å². The van der Waals surface area contributed by atoms with Crippen LogP contribution in [0.2, 0.25) is 0 Å². The van der Waals surface area contributed by atoms with Gasteiger partial charge in [-0.25, -0.2) is 0 Å². The topological polar surface area (TPSA) is 37.4 Å². The molecule has 0 unspecified atom stereocenters. The molecule has 0 heterocycles. The summed E-state index contributed by atoms with van der Waals surface area (Å²) in [5.41, 5.74) is 1.75. The Morgan fingerprint density at radius 2 is 2.06 bits per heavy atom. The Hall–Kier alpha value is -1.16. The molecule has 0 spiro atoms. The molecule has 0 aliphatic heterocycles. The standard InChI is InChI=1S/C13H14BrNO2/c1-15(2)11(16)8-13(14)7-9-5-3-4-6-10(9)12(13)17/h3-6H,7-8H2,1-2H3/t13-/m0/s1. The number of carbonyl (C=O) groups excluding carboxylic acids is 2. The van der Waals surface area contributed by atoms with E-state index in [1.54, 1.807) is 14.1 Å². The summed E-state index contributed by atoms with van der Waals surface area (Å²) < 4.78 is -0.752. The number of ketones is 1. The van der Waals surface area contributed by atoms with Crippen molar-refractivity contribution in [3.05, 3.63) is 35.4 Å². The van der Waals surface area contributed by atoms with E-state index in [4.69, 9.17) is 0 Å². The van der Waals surface area contributed by atoms with Crippen LogP contribution >= 0.6 is 15.9 Å². The first kappa shape index (κ1) is 12.3. The Morgan fingerprint density at radius 3 is 2.65 bits per heavy atom. The number of amides is 1. The number of hydrogen-bond acceptors (Lipinski definition) is 2. The van der Waals surface area contributed by atoms with Gasteiger partial charge in [0.2, 0.25) is 5.91 Å². The molecular weight excluding hydrogens is 282 g/mol. The van der Waals surface area contributed by atoms with E-state index < -0.39 is 4.32 Å². The van der Waals surface area contributed by atoms with Crippen LogP contribution in [0.4, 0.5) is 0 Å². The molecule has 0 aromatic heterocycles. The van der Waals surface area contributed by atoms with Gasteiger partial charge in [-0.05, 0) is 12.0 Å². The average molecular weight is 296 g/mol. The fourth-order valence-electron chi connectivity index (χ4n) is 2.06. The lowest BCUT2D eigenvalue weighted by Crippen LogP contribution is -2.36. The maximum Gasteiger partial charge on any atom is 0.223 e. The highest BCUT2D eigenvalue weighted by Crippen LogP contribution is 2.39. The maximum atomic E-state index is 12.3. The minimum absolute atomic E-state index is 0.0169. The van der Waals surface area contributed by atoms with Crippen LogP contribution in [0.5, 0.6) is 0 Å². The number of rotatable bonds is 2. The van der Waals surface area contributed by atoms with Crippen LogP contribution in [0.1, 0.15) is 22.3 Å². The van der Waals surface area contributed by atoms with Crippen LogP contribution in [0.15, 0.2) is 24.3 Å². The molecule has 0 fully saturated rings. The molecule has 1 aromatic carbocycles. The highest BCUT2D eigenvalue weighted by atomic mass is 79.9. The van der Waals surface area contributed by atoms with Crippen molar-refractivity contribution >= 4 is 27.6 Å². The molecule has 0 N–H and O–H groups in total. The third kappa shape index (κ3) is 2.14. The first-order valence-electron chi connectivity index (χ1n) is 5.46. The normalized spacial score (nSPS) is 22.4. The molecule has 1 aliphatic rings. The van der Waals surface area contributed by atoms with Gasteiger partial charge in [0.25, 0.3) is 0 Å². The third-order valence-corrected chi connectivity index (χ3v) is 3.99. The van der Waals surface area contributed by atoms with Gasteiger partial charge in [-0.2, -0.15) is 0 Å². The van der Waals surface area contributed by atoms with E-state index in [2.05, 4.69) is 15.9 Å². The van der Waals surface area contributed by atoms with E-state index in [9.17, 15) is 9.59 Å². The van der Waals surface area contributed by atoms with Crippen LogP contribution in [0.25, 0.3) is 0 Å². The lowest BCUT2D eigenvalue weighted by atomic mass is 10.00. The van der Waals surface area contributed by atoms with E-state index in [0.29, 0.717) is 6.42 Å². The molecule has 0 saturated carbocycles. The first-order valence-corrected chi connectivity index (χ1v) is 6.25. The fourth-order valence-corrected chi connectivity index (χ4v) is 2.82. The summed E-state index contributed by atoms with van der Waals surface area (Å²) in [6, 6.07) is 7.53. The second-order valence-corrected chi connectivity index (χ2v) is 6.11. The zero-order valence-corrected chi connectivity index (χ0v) is 11.5. The molecule has 17 heavy (non-hydrogen) atoms. The van der Waals surface area contributed by atoms with Crippen molar-refractivity contribution in [2.75, 3.05) is 14.1 Å².